The molecule has 26 heavy (non-hydrogen) atoms. The molecule has 0 spiro atoms. The van der Waals surface area contributed by atoms with Crippen molar-refractivity contribution in [3.8, 4) is 5.69 Å². The summed E-state index contributed by atoms with van der Waals surface area (Å²) in [5.41, 5.74) is 5.22. The Bertz CT molecular complexity index is 1030. The number of fused-ring (bicyclic) bond motifs is 1. The van der Waals surface area contributed by atoms with E-state index in [1.54, 1.807) is 4.90 Å². The highest BCUT2D eigenvalue weighted by Crippen LogP contribution is 2.29. The Labute approximate surface area is 151 Å². The number of rotatable bonds is 2. The molecule has 5 nitrogen and oxygen atoms in total. The third kappa shape index (κ3) is 2.86. The van der Waals surface area contributed by atoms with Crippen molar-refractivity contribution in [1.82, 2.24) is 9.78 Å². The Balaban J connectivity index is 1.69. The zero-order valence-corrected chi connectivity index (χ0v) is 15.0. The van der Waals surface area contributed by atoms with Crippen LogP contribution in [0.2, 0.25) is 0 Å². The molecule has 1 N–H and O–H groups in total. The molecule has 0 saturated carbocycles. The Hall–Kier alpha value is -3.08. The van der Waals surface area contributed by atoms with Crippen LogP contribution in [-0.4, -0.2) is 22.2 Å². The van der Waals surface area contributed by atoms with Crippen molar-refractivity contribution in [2.45, 2.75) is 26.7 Å². The van der Waals surface area contributed by atoms with Crippen molar-refractivity contribution in [2.24, 2.45) is 0 Å². The molecule has 0 fully saturated rings. The fourth-order valence-corrected chi connectivity index (χ4v) is 3.47. The van der Waals surface area contributed by atoms with Crippen LogP contribution in [0.3, 0.4) is 0 Å². The second-order valence-corrected chi connectivity index (χ2v) is 6.87. The van der Waals surface area contributed by atoms with Gasteiger partial charge in [0.1, 0.15) is 5.69 Å². The second-order valence-electron chi connectivity index (χ2n) is 6.87. The van der Waals surface area contributed by atoms with Crippen LogP contribution < -0.4 is 10.5 Å². The van der Waals surface area contributed by atoms with Gasteiger partial charge in [0.2, 0.25) is 0 Å². The number of aryl methyl sites for hydroxylation is 3. The van der Waals surface area contributed by atoms with E-state index in [0.29, 0.717) is 17.9 Å². The minimum absolute atomic E-state index is 0.169. The zero-order chi connectivity index (χ0) is 18.3. The van der Waals surface area contributed by atoms with E-state index in [1.807, 2.05) is 43.3 Å². The summed E-state index contributed by atoms with van der Waals surface area (Å²) in [5, 5.41) is 2.97. The van der Waals surface area contributed by atoms with Gasteiger partial charge in [0.15, 0.2) is 0 Å². The van der Waals surface area contributed by atoms with Crippen LogP contribution in [-0.2, 0) is 6.42 Å². The van der Waals surface area contributed by atoms with E-state index < -0.39 is 0 Å². The summed E-state index contributed by atoms with van der Waals surface area (Å²) in [4.78, 5) is 27.2. The zero-order valence-electron chi connectivity index (χ0n) is 15.0. The molecular weight excluding hydrogens is 326 g/mol. The van der Waals surface area contributed by atoms with E-state index in [2.05, 4.69) is 18.1 Å². The number of carbonyl (C=O) groups excluding carboxylic acids is 1. The lowest BCUT2D eigenvalue weighted by molar-refractivity contribution is 0.0980. The van der Waals surface area contributed by atoms with Gasteiger partial charge in [0, 0.05) is 18.3 Å². The molecule has 0 aliphatic carbocycles. The number of hydrogen-bond acceptors (Lipinski definition) is 2. The molecule has 5 heteroatoms. The minimum Gasteiger partial charge on any atom is -0.307 e. The van der Waals surface area contributed by atoms with Gasteiger partial charge in [-0.1, -0.05) is 35.4 Å². The van der Waals surface area contributed by atoms with E-state index >= 15 is 0 Å². The topological polar surface area (TPSA) is 58.1 Å². The predicted octanol–water partition coefficient (Wildman–Crippen LogP) is 3.38. The lowest BCUT2D eigenvalue weighted by Gasteiger charge is -2.29. The normalized spacial score (nSPS) is 13.5. The average Bonchev–Trinajstić information content (AvgIpc) is 3.03. The molecule has 1 aromatic heterocycles. The van der Waals surface area contributed by atoms with E-state index in [0.717, 1.165) is 24.1 Å². The first kappa shape index (κ1) is 16.4. The summed E-state index contributed by atoms with van der Waals surface area (Å²) >= 11 is 0. The highest BCUT2D eigenvalue weighted by atomic mass is 16.2. The lowest BCUT2D eigenvalue weighted by atomic mass is 9.99. The van der Waals surface area contributed by atoms with Gasteiger partial charge in [-0.25, -0.2) is 4.68 Å². The molecule has 3 aromatic rings. The fourth-order valence-electron chi connectivity index (χ4n) is 3.47. The molecule has 4 rings (SSSR count). The molecule has 0 radical (unpaired) electrons. The smallest absolute Gasteiger partial charge is 0.276 e. The predicted molar refractivity (Wildman–Crippen MR) is 102 cm³/mol. The number of benzene rings is 2. The average molecular weight is 347 g/mol. The minimum atomic E-state index is -0.238. The van der Waals surface area contributed by atoms with Gasteiger partial charge in [-0.2, -0.15) is 0 Å². The summed E-state index contributed by atoms with van der Waals surface area (Å²) in [6.07, 6.45) is 1.90. The van der Waals surface area contributed by atoms with Gasteiger partial charge in [-0.15, -0.1) is 0 Å². The van der Waals surface area contributed by atoms with Crippen LogP contribution in [0.15, 0.2) is 53.3 Å². The summed E-state index contributed by atoms with van der Waals surface area (Å²) in [7, 11) is 0. The SMILES string of the molecule is Cc1ccc(-n2[nH]c(C(=O)N3CCCc4cc(C)ccc43)cc2=O)cc1. The van der Waals surface area contributed by atoms with Crippen LogP contribution >= 0.6 is 0 Å². The molecule has 0 saturated heterocycles. The van der Waals surface area contributed by atoms with Crippen LogP contribution in [0.25, 0.3) is 5.69 Å². The molecule has 132 valence electrons. The Kier molecular flexibility index (Phi) is 3.99. The van der Waals surface area contributed by atoms with Crippen molar-refractivity contribution >= 4 is 11.6 Å². The molecule has 2 aromatic carbocycles. The van der Waals surface area contributed by atoms with Crippen molar-refractivity contribution < 1.29 is 4.79 Å². The van der Waals surface area contributed by atoms with Crippen LogP contribution in [0.4, 0.5) is 5.69 Å². The van der Waals surface area contributed by atoms with Crippen molar-refractivity contribution in [3.05, 3.63) is 81.3 Å². The van der Waals surface area contributed by atoms with E-state index in [1.165, 1.54) is 21.9 Å². The van der Waals surface area contributed by atoms with Gasteiger partial charge >= 0.3 is 0 Å². The number of amides is 1. The third-order valence-corrected chi connectivity index (χ3v) is 4.84. The number of nitrogens with zero attached hydrogens (tertiary/aromatic N) is 2. The molecular formula is C21H21N3O2. The fraction of sp³-hybridized carbons (Fsp3) is 0.238. The second kappa shape index (κ2) is 6.33. The summed E-state index contributed by atoms with van der Waals surface area (Å²) < 4.78 is 1.41. The van der Waals surface area contributed by atoms with Crippen molar-refractivity contribution in [1.29, 1.82) is 0 Å². The van der Waals surface area contributed by atoms with E-state index in [-0.39, 0.29) is 11.5 Å². The highest BCUT2D eigenvalue weighted by molar-refractivity contribution is 6.05. The maximum absolute atomic E-state index is 13.0. The van der Waals surface area contributed by atoms with Gasteiger partial charge < -0.3 is 4.90 Å². The summed E-state index contributed by atoms with van der Waals surface area (Å²) in [6.45, 7) is 4.71. The quantitative estimate of drug-likeness (QED) is 0.773. The first-order valence-corrected chi connectivity index (χ1v) is 8.83. The molecule has 1 aliphatic rings. The van der Waals surface area contributed by atoms with Crippen LogP contribution in [0, 0.1) is 13.8 Å². The van der Waals surface area contributed by atoms with Gasteiger partial charge in [-0.05, 0) is 50.5 Å². The number of H-pyrrole nitrogens is 1. The first-order chi connectivity index (χ1) is 12.5. The van der Waals surface area contributed by atoms with Crippen molar-refractivity contribution in [2.75, 3.05) is 11.4 Å². The number of aromatic amines is 1. The molecule has 1 aliphatic heterocycles. The van der Waals surface area contributed by atoms with Crippen LogP contribution in [0.5, 0.6) is 0 Å². The summed E-state index contributed by atoms with van der Waals surface area (Å²) in [5.74, 6) is -0.169. The standard InChI is InChI=1S/C21H21N3O2/c1-14-5-8-17(9-6-14)24-20(25)13-18(22-24)21(26)23-11-3-4-16-12-15(2)7-10-19(16)23/h5-10,12-13,22H,3-4,11H2,1-2H3. The Morgan fingerprint density at radius 1 is 1.00 bits per heavy atom. The summed E-state index contributed by atoms with van der Waals surface area (Å²) in [6, 6.07) is 15.1. The van der Waals surface area contributed by atoms with E-state index in [4.69, 9.17) is 0 Å². The maximum Gasteiger partial charge on any atom is 0.276 e. The van der Waals surface area contributed by atoms with Gasteiger partial charge in [0.25, 0.3) is 11.5 Å². The first-order valence-electron chi connectivity index (χ1n) is 8.83. The third-order valence-electron chi connectivity index (χ3n) is 4.84. The van der Waals surface area contributed by atoms with Gasteiger partial charge in [-0.3, -0.25) is 14.7 Å². The molecule has 0 bridgehead atoms. The van der Waals surface area contributed by atoms with Crippen molar-refractivity contribution in [3.63, 3.8) is 0 Å². The van der Waals surface area contributed by atoms with Gasteiger partial charge in [0.05, 0.1) is 5.69 Å². The molecule has 2 heterocycles. The number of nitrogens with one attached hydrogen (secondary N) is 1. The monoisotopic (exact) mass is 347 g/mol. The molecule has 1 amide bonds. The maximum atomic E-state index is 13.0. The number of anilines is 1. The van der Waals surface area contributed by atoms with E-state index in [9.17, 15) is 9.59 Å². The number of carbonyl (C=O) groups is 1. The Morgan fingerprint density at radius 2 is 1.73 bits per heavy atom. The molecule has 0 unspecified atom stereocenters. The van der Waals surface area contributed by atoms with Crippen LogP contribution in [0.1, 0.15) is 33.6 Å². The largest absolute Gasteiger partial charge is 0.307 e. The lowest BCUT2D eigenvalue weighted by Crippen LogP contribution is -2.35. The Morgan fingerprint density at radius 3 is 2.50 bits per heavy atom. The molecule has 0 atom stereocenters. The number of hydrogen-bond donors (Lipinski definition) is 1. The highest BCUT2D eigenvalue weighted by Gasteiger charge is 2.25. The number of aromatic nitrogens is 2.